The molecule has 0 aromatic rings. The number of hydrogen-bond donors (Lipinski definition) is 2. The fraction of sp³-hybridized carbons (Fsp3) is 0.900. The van der Waals surface area contributed by atoms with Gasteiger partial charge in [-0.1, -0.05) is 0 Å². The lowest BCUT2D eigenvalue weighted by atomic mass is 9.97. The Kier molecular flexibility index (Phi) is 4.90. The minimum absolute atomic E-state index is 0.0583. The second kappa shape index (κ2) is 5.98. The van der Waals surface area contributed by atoms with Crippen LogP contribution in [0.4, 0.5) is 0 Å². The van der Waals surface area contributed by atoms with Crippen molar-refractivity contribution in [2.24, 2.45) is 11.7 Å². The number of carbonyl (C=O) groups excluding carboxylic acids is 1. The minimum Gasteiger partial charge on any atom is -0.381 e. The van der Waals surface area contributed by atoms with Crippen molar-refractivity contribution >= 4 is 5.91 Å². The van der Waals surface area contributed by atoms with E-state index < -0.39 is 6.04 Å². The van der Waals surface area contributed by atoms with Crippen molar-refractivity contribution in [3.8, 4) is 0 Å². The van der Waals surface area contributed by atoms with Crippen molar-refractivity contribution in [3.05, 3.63) is 0 Å². The van der Waals surface area contributed by atoms with Crippen LogP contribution in [-0.2, 0) is 9.53 Å². The Morgan fingerprint density at radius 1 is 1.57 bits per heavy atom. The predicted octanol–water partition coefficient (Wildman–Crippen LogP) is 0.267. The summed E-state index contributed by atoms with van der Waals surface area (Å²) >= 11 is 0. The molecule has 0 aromatic carbocycles. The van der Waals surface area contributed by atoms with Gasteiger partial charge in [-0.25, -0.2) is 0 Å². The zero-order valence-electron chi connectivity index (χ0n) is 8.79. The molecule has 1 fully saturated rings. The van der Waals surface area contributed by atoms with E-state index in [4.69, 9.17) is 10.5 Å². The van der Waals surface area contributed by atoms with E-state index >= 15 is 0 Å². The number of nitrogens with one attached hydrogen (secondary N) is 1. The molecule has 1 rings (SSSR count). The molecule has 1 aliphatic rings. The number of amides is 1. The summed E-state index contributed by atoms with van der Waals surface area (Å²) in [4.78, 5) is 11.1. The van der Waals surface area contributed by atoms with Crippen molar-refractivity contribution in [1.29, 1.82) is 0 Å². The van der Waals surface area contributed by atoms with Gasteiger partial charge in [0.15, 0.2) is 0 Å². The third kappa shape index (κ3) is 4.07. The molecule has 0 radical (unpaired) electrons. The highest BCUT2D eigenvalue weighted by Gasteiger charge is 2.14. The highest BCUT2D eigenvalue weighted by molar-refractivity contribution is 5.80. The van der Waals surface area contributed by atoms with Gasteiger partial charge in [-0.3, -0.25) is 4.79 Å². The Labute approximate surface area is 85.2 Å². The van der Waals surface area contributed by atoms with Gasteiger partial charge in [-0.05, 0) is 32.1 Å². The molecular formula is C10H20N2O2. The molecule has 82 valence electrons. The van der Waals surface area contributed by atoms with Crippen molar-refractivity contribution in [2.45, 2.75) is 32.2 Å². The summed E-state index contributed by atoms with van der Waals surface area (Å²) in [5.41, 5.74) is 5.42. The highest BCUT2D eigenvalue weighted by Crippen LogP contribution is 2.17. The van der Waals surface area contributed by atoms with Crippen molar-refractivity contribution in [2.75, 3.05) is 19.8 Å². The second-order valence-corrected chi connectivity index (χ2v) is 3.92. The molecule has 0 unspecified atom stereocenters. The Morgan fingerprint density at radius 2 is 2.21 bits per heavy atom. The molecule has 0 spiro atoms. The summed E-state index contributed by atoms with van der Waals surface area (Å²) in [5.74, 6) is 0.647. The van der Waals surface area contributed by atoms with E-state index in [1.807, 2.05) is 0 Å². The number of carbonyl (C=O) groups is 1. The molecule has 14 heavy (non-hydrogen) atoms. The van der Waals surface area contributed by atoms with E-state index in [1.54, 1.807) is 6.92 Å². The van der Waals surface area contributed by atoms with Crippen LogP contribution in [-0.4, -0.2) is 31.7 Å². The Balaban J connectivity index is 2.05. The van der Waals surface area contributed by atoms with E-state index in [0.29, 0.717) is 5.92 Å². The topological polar surface area (TPSA) is 64.4 Å². The maximum atomic E-state index is 11.1. The van der Waals surface area contributed by atoms with Crippen molar-refractivity contribution in [3.63, 3.8) is 0 Å². The lowest BCUT2D eigenvalue weighted by Gasteiger charge is -2.22. The van der Waals surface area contributed by atoms with Crippen LogP contribution in [0.25, 0.3) is 0 Å². The molecule has 4 heteroatoms. The SMILES string of the molecule is C[C@H](N)C(=O)NCCC1CCOCC1. The minimum atomic E-state index is -0.398. The van der Waals surface area contributed by atoms with Gasteiger partial charge in [-0.15, -0.1) is 0 Å². The summed E-state index contributed by atoms with van der Waals surface area (Å²) in [6.07, 6.45) is 3.28. The zero-order chi connectivity index (χ0) is 10.4. The number of hydrogen-bond acceptors (Lipinski definition) is 3. The van der Waals surface area contributed by atoms with E-state index in [0.717, 1.165) is 39.0 Å². The van der Waals surface area contributed by atoms with Gasteiger partial charge >= 0.3 is 0 Å². The summed E-state index contributed by atoms with van der Waals surface area (Å²) in [6.45, 7) is 4.17. The number of rotatable bonds is 4. The molecule has 1 amide bonds. The van der Waals surface area contributed by atoms with E-state index in [-0.39, 0.29) is 5.91 Å². The lowest BCUT2D eigenvalue weighted by molar-refractivity contribution is -0.122. The molecular weight excluding hydrogens is 180 g/mol. The Bertz CT molecular complexity index is 177. The molecule has 0 bridgehead atoms. The average Bonchev–Trinajstić information content (AvgIpc) is 2.19. The first kappa shape index (κ1) is 11.5. The molecule has 1 atom stereocenters. The van der Waals surface area contributed by atoms with Crippen molar-refractivity contribution in [1.82, 2.24) is 5.32 Å². The van der Waals surface area contributed by atoms with Crippen LogP contribution in [0, 0.1) is 5.92 Å². The molecule has 3 N–H and O–H groups in total. The van der Waals surface area contributed by atoms with Crippen LogP contribution in [0.1, 0.15) is 26.2 Å². The summed E-state index contributed by atoms with van der Waals surface area (Å²) in [5, 5.41) is 2.82. The van der Waals surface area contributed by atoms with E-state index in [2.05, 4.69) is 5.32 Å². The molecule has 4 nitrogen and oxygen atoms in total. The van der Waals surface area contributed by atoms with Crippen LogP contribution in [0.2, 0.25) is 0 Å². The molecule has 1 aliphatic heterocycles. The van der Waals surface area contributed by atoms with E-state index in [9.17, 15) is 4.79 Å². The molecule has 0 aliphatic carbocycles. The Morgan fingerprint density at radius 3 is 2.79 bits per heavy atom. The Hall–Kier alpha value is -0.610. The molecule has 1 heterocycles. The maximum absolute atomic E-state index is 11.1. The van der Waals surface area contributed by atoms with Gasteiger partial charge in [-0.2, -0.15) is 0 Å². The maximum Gasteiger partial charge on any atom is 0.236 e. The van der Waals surface area contributed by atoms with Crippen LogP contribution < -0.4 is 11.1 Å². The van der Waals surface area contributed by atoms with Crippen LogP contribution in [0.15, 0.2) is 0 Å². The van der Waals surface area contributed by atoms with Crippen LogP contribution in [0.5, 0.6) is 0 Å². The lowest BCUT2D eigenvalue weighted by Crippen LogP contribution is -2.39. The smallest absolute Gasteiger partial charge is 0.236 e. The van der Waals surface area contributed by atoms with Gasteiger partial charge in [0.2, 0.25) is 5.91 Å². The number of nitrogens with two attached hydrogens (primary N) is 1. The molecule has 1 saturated heterocycles. The van der Waals surface area contributed by atoms with E-state index in [1.165, 1.54) is 0 Å². The number of ether oxygens (including phenoxy) is 1. The first-order valence-electron chi connectivity index (χ1n) is 5.31. The molecule has 0 aromatic heterocycles. The standard InChI is InChI=1S/C10H20N2O2/c1-8(11)10(13)12-5-2-9-3-6-14-7-4-9/h8-9H,2-7,11H2,1H3,(H,12,13)/t8-/m0/s1. The summed E-state index contributed by atoms with van der Waals surface area (Å²) in [7, 11) is 0. The monoisotopic (exact) mass is 200 g/mol. The zero-order valence-corrected chi connectivity index (χ0v) is 8.79. The fourth-order valence-electron chi connectivity index (χ4n) is 1.60. The van der Waals surface area contributed by atoms with Gasteiger partial charge < -0.3 is 15.8 Å². The van der Waals surface area contributed by atoms with Crippen LogP contribution in [0.3, 0.4) is 0 Å². The average molecular weight is 200 g/mol. The van der Waals surface area contributed by atoms with Gasteiger partial charge in [0.1, 0.15) is 0 Å². The van der Waals surface area contributed by atoms with Crippen molar-refractivity contribution < 1.29 is 9.53 Å². The normalized spacial score (nSPS) is 20.4. The predicted molar refractivity (Wildman–Crippen MR) is 54.8 cm³/mol. The summed E-state index contributed by atoms with van der Waals surface area (Å²) < 4.78 is 5.26. The van der Waals surface area contributed by atoms with Crippen LogP contribution >= 0.6 is 0 Å². The first-order chi connectivity index (χ1) is 6.70. The third-order valence-corrected chi connectivity index (χ3v) is 2.61. The second-order valence-electron chi connectivity index (χ2n) is 3.92. The first-order valence-corrected chi connectivity index (χ1v) is 5.31. The van der Waals surface area contributed by atoms with Gasteiger partial charge in [0.05, 0.1) is 6.04 Å². The van der Waals surface area contributed by atoms with Gasteiger partial charge in [0, 0.05) is 19.8 Å². The largest absolute Gasteiger partial charge is 0.381 e. The quantitative estimate of drug-likeness (QED) is 0.684. The molecule has 0 saturated carbocycles. The van der Waals surface area contributed by atoms with Gasteiger partial charge in [0.25, 0.3) is 0 Å². The third-order valence-electron chi connectivity index (χ3n) is 2.61. The summed E-state index contributed by atoms with van der Waals surface area (Å²) in [6, 6.07) is -0.398. The fourth-order valence-corrected chi connectivity index (χ4v) is 1.60. The highest BCUT2D eigenvalue weighted by atomic mass is 16.5.